The van der Waals surface area contributed by atoms with Crippen LogP contribution in [0.15, 0.2) is 16.7 Å². The van der Waals surface area contributed by atoms with Gasteiger partial charge in [-0.3, -0.25) is 14.7 Å². The summed E-state index contributed by atoms with van der Waals surface area (Å²) in [5.74, 6) is -0.00174. The first kappa shape index (κ1) is 14.5. The van der Waals surface area contributed by atoms with Crippen molar-refractivity contribution in [2.75, 3.05) is 20.2 Å². The number of esters is 1. The highest BCUT2D eigenvalue weighted by atomic mass is 79.9. The number of carbonyl (C=O) groups is 1. The topological polar surface area (TPSA) is 42.4 Å². The standard InChI is InChI=1S/C14H19BrN2O2/c1-10-7-12(16-8-13(10)15)9-17-5-3-11(4-6-17)14(18)19-2/h7-8,11H,3-6,9H2,1-2H3. The molecule has 0 atom stereocenters. The minimum atomic E-state index is -0.0720. The molecule has 1 aliphatic rings. The van der Waals surface area contributed by atoms with Crippen molar-refractivity contribution in [1.82, 2.24) is 9.88 Å². The van der Waals surface area contributed by atoms with E-state index in [9.17, 15) is 4.79 Å². The Labute approximate surface area is 122 Å². The smallest absolute Gasteiger partial charge is 0.308 e. The van der Waals surface area contributed by atoms with Crippen molar-refractivity contribution >= 4 is 21.9 Å². The number of ether oxygens (including phenoxy) is 1. The van der Waals surface area contributed by atoms with Crippen molar-refractivity contribution in [1.29, 1.82) is 0 Å². The molecule has 0 saturated carbocycles. The van der Waals surface area contributed by atoms with Gasteiger partial charge in [0.05, 0.1) is 18.7 Å². The van der Waals surface area contributed by atoms with E-state index in [-0.39, 0.29) is 11.9 Å². The Bertz CT molecular complexity index is 457. The lowest BCUT2D eigenvalue weighted by Gasteiger charge is -2.30. The molecule has 1 aromatic heterocycles. The average molecular weight is 327 g/mol. The van der Waals surface area contributed by atoms with Crippen LogP contribution in [0.4, 0.5) is 0 Å². The molecule has 1 aromatic rings. The summed E-state index contributed by atoms with van der Waals surface area (Å²) in [7, 11) is 1.46. The molecule has 5 heteroatoms. The average Bonchev–Trinajstić information content (AvgIpc) is 2.43. The van der Waals surface area contributed by atoms with Crippen LogP contribution in [0, 0.1) is 12.8 Å². The molecule has 0 unspecified atom stereocenters. The van der Waals surface area contributed by atoms with Gasteiger partial charge < -0.3 is 4.74 Å². The molecule has 1 saturated heterocycles. The van der Waals surface area contributed by atoms with Gasteiger partial charge in [0.15, 0.2) is 0 Å². The lowest BCUT2D eigenvalue weighted by atomic mass is 9.97. The van der Waals surface area contributed by atoms with Gasteiger partial charge in [-0.1, -0.05) is 0 Å². The molecule has 0 radical (unpaired) electrons. The summed E-state index contributed by atoms with van der Waals surface area (Å²) in [5, 5.41) is 0. The maximum absolute atomic E-state index is 11.5. The number of aromatic nitrogens is 1. The Balaban J connectivity index is 1.88. The fraction of sp³-hybridized carbons (Fsp3) is 0.571. The van der Waals surface area contributed by atoms with Gasteiger partial charge in [-0.05, 0) is 60.4 Å². The van der Waals surface area contributed by atoms with E-state index in [0.29, 0.717) is 0 Å². The number of likely N-dealkylation sites (tertiary alicyclic amines) is 1. The highest BCUT2D eigenvalue weighted by Gasteiger charge is 2.25. The molecule has 1 aliphatic heterocycles. The van der Waals surface area contributed by atoms with Gasteiger partial charge in [-0.25, -0.2) is 0 Å². The van der Waals surface area contributed by atoms with Crippen molar-refractivity contribution in [3.63, 3.8) is 0 Å². The number of piperidine rings is 1. The molecular formula is C14H19BrN2O2. The van der Waals surface area contributed by atoms with E-state index < -0.39 is 0 Å². The van der Waals surface area contributed by atoms with E-state index in [1.807, 2.05) is 6.20 Å². The quantitative estimate of drug-likeness (QED) is 0.800. The number of rotatable bonds is 3. The number of aryl methyl sites for hydroxylation is 1. The third kappa shape index (κ3) is 3.76. The van der Waals surface area contributed by atoms with Crippen LogP contribution in [0.5, 0.6) is 0 Å². The number of halogens is 1. The zero-order valence-corrected chi connectivity index (χ0v) is 12.9. The van der Waals surface area contributed by atoms with Gasteiger partial charge in [0.1, 0.15) is 0 Å². The molecule has 0 amide bonds. The fourth-order valence-corrected chi connectivity index (χ4v) is 2.62. The first-order chi connectivity index (χ1) is 9.10. The molecule has 19 heavy (non-hydrogen) atoms. The molecule has 0 aliphatic carbocycles. The molecule has 2 heterocycles. The van der Waals surface area contributed by atoms with Crippen LogP contribution in [-0.2, 0) is 16.1 Å². The maximum Gasteiger partial charge on any atom is 0.308 e. The van der Waals surface area contributed by atoms with Crippen LogP contribution < -0.4 is 0 Å². The number of hydrogen-bond donors (Lipinski definition) is 0. The second-order valence-electron chi connectivity index (χ2n) is 5.00. The van der Waals surface area contributed by atoms with Gasteiger partial charge in [0, 0.05) is 17.2 Å². The van der Waals surface area contributed by atoms with Crippen molar-refractivity contribution in [2.45, 2.75) is 26.3 Å². The summed E-state index contributed by atoms with van der Waals surface area (Å²) >= 11 is 3.46. The molecule has 104 valence electrons. The van der Waals surface area contributed by atoms with Crippen molar-refractivity contribution < 1.29 is 9.53 Å². The van der Waals surface area contributed by atoms with Crippen molar-refractivity contribution in [3.8, 4) is 0 Å². The van der Waals surface area contributed by atoms with Crippen LogP contribution in [0.2, 0.25) is 0 Å². The molecular weight excluding hydrogens is 308 g/mol. The van der Waals surface area contributed by atoms with Crippen LogP contribution >= 0.6 is 15.9 Å². The monoisotopic (exact) mass is 326 g/mol. The van der Waals surface area contributed by atoms with E-state index in [4.69, 9.17) is 4.74 Å². The highest BCUT2D eigenvalue weighted by Crippen LogP contribution is 2.21. The Morgan fingerprint density at radius 2 is 2.21 bits per heavy atom. The van der Waals surface area contributed by atoms with Crippen LogP contribution in [-0.4, -0.2) is 36.1 Å². The Morgan fingerprint density at radius 1 is 1.53 bits per heavy atom. The lowest BCUT2D eigenvalue weighted by molar-refractivity contribution is -0.147. The minimum absolute atomic E-state index is 0.0702. The Hall–Kier alpha value is -0.940. The van der Waals surface area contributed by atoms with Crippen LogP contribution in [0.25, 0.3) is 0 Å². The van der Waals surface area contributed by atoms with Gasteiger partial charge in [-0.2, -0.15) is 0 Å². The summed E-state index contributed by atoms with van der Waals surface area (Å²) in [4.78, 5) is 18.2. The fourth-order valence-electron chi connectivity index (χ4n) is 2.41. The number of pyridine rings is 1. The van der Waals surface area contributed by atoms with E-state index in [0.717, 1.165) is 42.6 Å². The molecule has 0 spiro atoms. The predicted molar refractivity (Wildman–Crippen MR) is 76.7 cm³/mol. The van der Waals surface area contributed by atoms with E-state index in [1.54, 1.807) is 0 Å². The molecule has 2 rings (SSSR count). The SMILES string of the molecule is COC(=O)C1CCN(Cc2cc(C)c(Br)cn2)CC1. The summed E-state index contributed by atoms with van der Waals surface area (Å²) in [6, 6.07) is 2.11. The van der Waals surface area contributed by atoms with Gasteiger partial charge in [0.2, 0.25) is 0 Å². The number of methoxy groups -OCH3 is 1. The van der Waals surface area contributed by atoms with Gasteiger partial charge in [-0.15, -0.1) is 0 Å². The van der Waals surface area contributed by atoms with E-state index in [1.165, 1.54) is 12.7 Å². The Kier molecular flexibility index (Phi) is 4.93. The summed E-state index contributed by atoms with van der Waals surface area (Å²) in [6.07, 6.45) is 3.61. The summed E-state index contributed by atoms with van der Waals surface area (Å²) < 4.78 is 5.84. The summed E-state index contributed by atoms with van der Waals surface area (Å²) in [6.45, 7) is 4.77. The Morgan fingerprint density at radius 3 is 2.79 bits per heavy atom. The van der Waals surface area contributed by atoms with Crippen LogP contribution in [0.1, 0.15) is 24.1 Å². The summed E-state index contributed by atoms with van der Waals surface area (Å²) in [5.41, 5.74) is 2.28. The van der Waals surface area contributed by atoms with Gasteiger partial charge >= 0.3 is 5.97 Å². The molecule has 4 nitrogen and oxygen atoms in total. The normalized spacial score (nSPS) is 17.4. The zero-order valence-electron chi connectivity index (χ0n) is 11.4. The number of carbonyl (C=O) groups excluding carboxylic acids is 1. The minimum Gasteiger partial charge on any atom is -0.469 e. The van der Waals surface area contributed by atoms with Crippen molar-refractivity contribution in [3.05, 3.63) is 28.0 Å². The predicted octanol–water partition coefficient (Wildman–Crippen LogP) is 2.54. The van der Waals surface area contributed by atoms with Gasteiger partial charge in [0.25, 0.3) is 0 Å². The zero-order chi connectivity index (χ0) is 13.8. The highest BCUT2D eigenvalue weighted by molar-refractivity contribution is 9.10. The van der Waals surface area contributed by atoms with Crippen LogP contribution in [0.3, 0.4) is 0 Å². The van der Waals surface area contributed by atoms with E-state index >= 15 is 0 Å². The second-order valence-corrected chi connectivity index (χ2v) is 5.85. The largest absolute Gasteiger partial charge is 0.469 e. The molecule has 0 aromatic carbocycles. The third-order valence-corrected chi connectivity index (χ3v) is 4.44. The number of nitrogens with zero attached hydrogens (tertiary/aromatic N) is 2. The third-order valence-electron chi connectivity index (χ3n) is 3.61. The van der Waals surface area contributed by atoms with E-state index in [2.05, 4.69) is 38.8 Å². The number of hydrogen-bond acceptors (Lipinski definition) is 4. The molecule has 0 N–H and O–H groups in total. The van der Waals surface area contributed by atoms with Crippen molar-refractivity contribution in [2.24, 2.45) is 5.92 Å². The second kappa shape index (κ2) is 6.48. The molecule has 1 fully saturated rings. The first-order valence-corrected chi connectivity index (χ1v) is 7.30. The maximum atomic E-state index is 11.5. The molecule has 0 bridgehead atoms. The first-order valence-electron chi connectivity index (χ1n) is 6.51. The lowest BCUT2D eigenvalue weighted by Crippen LogP contribution is -2.36.